The minimum atomic E-state index is -1.25. The van der Waals surface area contributed by atoms with E-state index < -0.39 is 17.3 Å². The zero-order chi connectivity index (χ0) is 18.4. The number of carbonyl (C=O) groups is 2. The fourth-order valence-electron chi connectivity index (χ4n) is 2.53. The summed E-state index contributed by atoms with van der Waals surface area (Å²) >= 11 is 0. The van der Waals surface area contributed by atoms with Gasteiger partial charge in [-0.15, -0.1) is 0 Å². The quantitative estimate of drug-likeness (QED) is 0.807. The molecule has 132 valence electrons. The van der Waals surface area contributed by atoms with Gasteiger partial charge in [-0.3, -0.25) is 9.59 Å². The summed E-state index contributed by atoms with van der Waals surface area (Å²) in [4.78, 5) is 24.4. The number of amides is 1. The summed E-state index contributed by atoms with van der Waals surface area (Å²) < 4.78 is 10.4. The first kappa shape index (κ1) is 18.3. The molecule has 0 saturated carbocycles. The van der Waals surface area contributed by atoms with Crippen LogP contribution in [0.3, 0.4) is 0 Å². The van der Waals surface area contributed by atoms with Crippen LogP contribution in [0.5, 0.6) is 11.5 Å². The van der Waals surface area contributed by atoms with Gasteiger partial charge in [0.25, 0.3) is 5.91 Å². The molecule has 0 saturated heterocycles. The van der Waals surface area contributed by atoms with Crippen LogP contribution in [0.25, 0.3) is 0 Å². The van der Waals surface area contributed by atoms with Crippen LogP contribution < -0.4 is 14.8 Å². The molecule has 0 aliphatic rings. The number of carbonyl (C=O) groups excluding carboxylic acids is 1. The molecular weight excluding hydrogens is 322 g/mol. The number of methoxy groups -OCH3 is 2. The SMILES string of the molecule is COc1cccc(C(=O)NCC(C)(C(=O)O)c2ccccc2)c1OC. The molecule has 2 aromatic carbocycles. The van der Waals surface area contributed by atoms with E-state index >= 15 is 0 Å². The Balaban J connectivity index is 2.25. The van der Waals surface area contributed by atoms with Crippen LogP contribution in [-0.4, -0.2) is 37.7 Å². The molecular formula is C19H21NO5. The van der Waals surface area contributed by atoms with Gasteiger partial charge in [0.15, 0.2) is 11.5 Å². The van der Waals surface area contributed by atoms with E-state index in [4.69, 9.17) is 9.47 Å². The molecule has 0 aliphatic heterocycles. The van der Waals surface area contributed by atoms with Gasteiger partial charge in [-0.1, -0.05) is 36.4 Å². The number of rotatable bonds is 7. The fourth-order valence-corrected chi connectivity index (χ4v) is 2.53. The number of benzene rings is 2. The first-order valence-corrected chi connectivity index (χ1v) is 7.72. The van der Waals surface area contributed by atoms with Gasteiger partial charge in [0.2, 0.25) is 0 Å². The normalized spacial score (nSPS) is 12.8. The maximum Gasteiger partial charge on any atom is 0.315 e. The number of aliphatic carboxylic acids is 1. The predicted octanol–water partition coefficient (Wildman–Crippen LogP) is 2.48. The second-order valence-electron chi connectivity index (χ2n) is 5.73. The summed E-state index contributed by atoms with van der Waals surface area (Å²) in [5.41, 5.74) is -0.355. The Hall–Kier alpha value is -3.02. The smallest absolute Gasteiger partial charge is 0.315 e. The van der Waals surface area contributed by atoms with Crippen LogP contribution in [-0.2, 0) is 10.2 Å². The molecule has 6 nitrogen and oxygen atoms in total. The highest BCUT2D eigenvalue weighted by Crippen LogP contribution is 2.31. The van der Waals surface area contributed by atoms with E-state index in [2.05, 4.69) is 5.32 Å². The molecule has 2 aromatic rings. The van der Waals surface area contributed by atoms with E-state index in [-0.39, 0.29) is 12.1 Å². The Bertz CT molecular complexity index is 760. The Morgan fingerprint density at radius 2 is 1.72 bits per heavy atom. The Morgan fingerprint density at radius 3 is 2.28 bits per heavy atom. The van der Waals surface area contributed by atoms with Crippen molar-refractivity contribution in [2.45, 2.75) is 12.3 Å². The lowest BCUT2D eigenvalue weighted by atomic mass is 9.82. The Morgan fingerprint density at radius 1 is 1.04 bits per heavy atom. The number of hydrogen-bond acceptors (Lipinski definition) is 4. The van der Waals surface area contributed by atoms with Crippen LogP contribution in [0.4, 0.5) is 0 Å². The summed E-state index contributed by atoms with van der Waals surface area (Å²) in [5.74, 6) is -0.714. The van der Waals surface area contributed by atoms with E-state index in [1.54, 1.807) is 49.4 Å². The summed E-state index contributed by atoms with van der Waals surface area (Å²) in [5, 5.41) is 12.3. The third-order valence-corrected chi connectivity index (χ3v) is 4.13. The molecule has 0 bridgehead atoms. The van der Waals surface area contributed by atoms with Crippen molar-refractivity contribution < 1.29 is 24.2 Å². The van der Waals surface area contributed by atoms with E-state index in [1.807, 2.05) is 6.07 Å². The summed E-state index contributed by atoms with van der Waals surface area (Å²) in [6.07, 6.45) is 0. The number of hydrogen-bond donors (Lipinski definition) is 2. The molecule has 0 radical (unpaired) electrons. The minimum absolute atomic E-state index is 0.0639. The molecule has 0 aromatic heterocycles. The summed E-state index contributed by atoms with van der Waals surface area (Å²) in [6.45, 7) is 1.51. The van der Waals surface area contributed by atoms with E-state index in [0.29, 0.717) is 17.1 Å². The zero-order valence-electron chi connectivity index (χ0n) is 14.4. The van der Waals surface area contributed by atoms with Gasteiger partial charge in [-0.2, -0.15) is 0 Å². The van der Waals surface area contributed by atoms with Gasteiger partial charge in [-0.05, 0) is 24.6 Å². The van der Waals surface area contributed by atoms with Crippen molar-refractivity contribution in [1.82, 2.24) is 5.32 Å². The topological polar surface area (TPSA) is 84.9 Å². The average molecular weight is 343 g/mol. The molecule has 1 atom stereocenters. The summed E-state index contributed by atoms with van der Waals surface area (Å²) in [6, 6.07) is 13.7. The summed E-state index contributed by atoms with van der Waals surface area (Å²) in [7, 11) is 2.93. The van der Waals surface area contributed by atoms with Crippen molar-refractivity contribution in [3.8, 4) is 11.5 Å². The molecule has 1 amide bonds. The molecule has 0 aliphatic carbocycles. The first-order chi connectivity index (χ1) is 11.9. The molecule has 1 unspecified atom stereocenters. The standard InChI is InChI=1S/C19H21NO5/c1-19(18(22)23,13-8-5-4-6-9-13)12-20-17(21)14-10-7-11-15(24-2)16(14)25-3/h4-11H,12H2,1-3H3,(H,20,21)(H,22,23). The van der Waals surface area contributed by atoms with Crippen molar-refractivity contribution >= 4 is 11.9 Å². The largest absolute Gasteiger partial charge is 0.493 e. The van der Waals surface area contributed by atoms with Crippen LogP contribution >= 0.6 is 0 Å². The molecule has 2 N–H and O–H groups in total. The molecule has 2 rings (SSSR count). The highest BCUT2D eigenvalue weighted by Gasteiger charge is 2.35. The van der Waals surface area contributed by atoms with Gasteiger partial charge in [-0.25, -0.2) is 0 Å². The van der Waals surface area contributed by atoms with Crippen molar-refractivity contribution in [3.63, 3.8) is 0 Å². The van der Waals surface area contributed by atoms with E-state index in [9.17, 15) is 14.7 Å². The number of nitrogens with one attached hydrogen (secondary N) is 1. The monoisotopic (exact) mass is 343 g/mol. The van der Waals surface area contributed by atoms with Gasteiger partial charge in [0.05, 0.1) is 19.8 Å². The van der Waals surface area contributed by atoms with Crippen molar-refractivity contribution in [2.24, 2.45) is 0 Å². The molecule has 0 fully saturated rings. The minimum Gasteiger partial charge on any atom is -0.493 e. The van der Waals surface area contributed by atoms with Gasteiger partial charge >= 0.3 is 5.97 Å². The van der Waals surface area contributed by atoms with E-state index in [1.165, 1.54) is 14.2 Å². The highest BCUT2D eigenvalue weighted by molar-refractivity contribution is 5.98. The van der Waals surface area contributed by atoms with Gasteiger partial charge in [0.1, 0.15) is 5.41 Å². The number of ether oxygens (including phenoxy) is 2. The van der Waals surface area contributed by atoms with Gasteiger partial charge < -0.3 is 19.9 Å². The number of para-hydroxylation sites is 1. The first-order valence-electron chi connectivity index (χ1n) is 7.72. The average Bonchev–Trinajstić information content (AvgIpc) is 2.65. The van der Waals surface area contributed by atoms with Crippen molar-refractivity contribution in [3.05, 3.63) is 59.7 Å². The number of carboxylic acids is 1. The Kier molecular flexibility index (Phi) is 5.64. The highest BCUT2D eigenvalue weighted by atomic mass is 16.5. The second-order valence-corrected chi connectivity index (χ2v) is 5.73. The lowest BCUT2D eigenvalue weighted by Crippen LogP contribution is -2.44. The van der Waals surface area contributed by atoms with Crippen molar-refractivity contribution in [2.75, 3.05) is 20.8 Å². The molecule has 0 spiro atoms. The molecule has 6 heteroatoms. The third kappa shape index (κ3) is 3.74. The maximum atomic E-state index is 12.6. The maximum absolute atomic E-state index is 12.6. The van der Waals surface area contributed by atoms with Crippen LogP contribution in [0.1, 0.15) is 22.8 Å². The zero-order valence-corrected chi connectivity index (χ0v) is 14.4. The van der Waals surface area contributed by atoms with Crippen LogP contribution in [0.2, 0.25) is 0 Å². The lowest BCUT2D eigenvalue weighted by molar-refractivity contribution is -0.142. The van der Waals surface area contributed by atoms with Gasteiger partial charge in [0, 0.05) is 6.54 Å². The molecule has 25 heavy (non-hydrogen) atoms. The third-order valence-electron chi connectivity index (χ3n) is 4.13. The van der Waals surface area contributed by atoms with Crippen LogP contribution in [0.15, 0.2) is 48.5 Å². The Labute approximate surface area is 146 Å². The second kappa shape index (κ2) is 7.70. The molecule has 0 heterocycles. The fraction of sp³-hybridized carbons (Fsp3) is 0.263. The lowest BCUT2D eigenvalue weighted by Gasteiger charge is -2.26. The predicted molar refractivity (Wildman–Crippen MR) is 93.3 cm³/mol. The van der Waals surface area contributed by atoms with Crippen LogP contribution in [0, 0.1) is 0 Å². The number of carboxylic acid groups (broad SMARTS) is 1. The van der Waals surface area contributed by atoms with Crippen molar-refractivity contribution in [1.29, 1.82) is 0 Å². The van der Waals surface area contributed by atoms with E-state index in [0.717, 1.165) is 0 Å².